The lowest BCUT2D eigenvalue weighted by atomic mass is 10.1. The molecule has 4 rings (SSSR count). The lowest BCUT2D eigenvalue weighted by Crippen LogP contribution is -2.22. The minimum Gasteiger partial charge on any atom is -0.497 e. The van der Waals surface area contributed by atoms with Gasteiger partial charge >= 0.3 is 0 Å². The lowest BCUT2D eigenvalue weighted by molar-refractivity contribution is -0.115. The molecular weight excluding hydrogens is 436 g/mol. The fraction of sp³-hybridized carbons (Fsp3) is 0.154. The van der Waals surface area contributed by atoms with Crippen molar-refractivity contribution in [3.63, 3.8) is 0 Å². The molecule has 0 aliphatic heterocycles. The van der Waals surface area contributed by atoms with Gasteiger partial charge in [0.25, 0.3) is 5.22 Å². The van der Waals surface area contributed by atoms with Crippen molar-refractivity contribution >= 4 is 23.4 Å². The van der Waals surface area contributed by atoms with E-state index >= 15 is 0 Å². The zero-order chi connectivity index (χ0) is 23.2. The van der Waals surface area contributed by atoms with E-state index in [1.807, 2.05) is 60.7 Å². The van der Waals surface area contributed by atoms with Crippen LogP contribution in [-0.4, -0.2) is 30.4 Å². The van der Waals surface area contributed by atoms with Crippen LogP contribution in [0.5, 0.6) is 11.5 Å². The third kappa shape index (κ3) is 5.21. The highest BCUT2D eigenvalue weighted by molar-refractivity contribution is 8.00. The summed E-state index contributed by atoms with van der Waals surface area (Å²) < 4.78 is 16.7. The van der Waals surface area contributed by atoms with Crippen LogP contribution in [0.2, 0.25) is 0 Å². The Hall–Kier alpha value is -3.71. The van der Waals surface area contributed by atoms with E-state index in [9.17, 15) is 4.79 Å². The zero-order valence-corrected chi connectivity index (χ0v) is 19.4. The topological polar surface area (TPSA) is 73.6 Å². The number of carbonyl (C=O) groups excluding carboxylic acids is 1. The molecule has 6 nitrogen and oxygen atoms in total. The van der Waals surface area contributed by atoms with Gasteiger partial charge in [-0.1, -0.05) is 72.4 Å². The molecule has 1 heterocycles. The van der Waals surface area contributed by atoms with E-state index in [2.05, 4.69) is 5.32 Å². The van der Waals surface area contributed by atoms with Gasteiger partial charge in [0, 0.05) is 17.2 Å². The SMILES string of the molecule is COc1ccc(OC)c(NC(=O)C(C)Sc2nc(-c3ccccc3)c(-c3ccccc3)o2)c1. The van der Waals surface area contributed by atoms with E-state index < -0.39 is 5.25 Å². The smallest absolute Gasteiger partial charge is 0.257 e. The molecule has 0 spiro atoms. The minimum atomic E-state index is -0.466. The summed E-state index contributed by atoms with van der Waals surface area (Å²) >= 11 is 1.26. The van der Waals surface area contributed by atoms with Gasteiger partial charge in [0.1, 0.15) is 17.2 Å². The van der Waals surface area contributed by atoms with Crippen LogP contribution in [0, 0.1) is 0 Å². The number of aromatic nitrogens is 1. The maximum atomic E-state index is 12.9. The molecule has 0 saturated heterocycles. The first kappa shape index (κ1) is 22.5. The molecule has 0 radical (unpaired) electrons. The predicted octanol–water partition coefficient (Wildman–Crippen LogP) is 6.15. The number of anilines is 1. The molecule has 33 heavy (non-hydrogen) atoms. The average molecular weight is 461 g/mol. The monoisotopic (exact) mass is 460 g/mol. The number of benzene rings is 3. The van der Waals surface area contributed by atoms with Crippen LogP contribution in [0.15, 0.2) is 88.5 Å². The molecule has 168 valence electrons. The van der Waals surface area contributed by atoms with Gasteiger partial charge in [-0.2, -0.15) is 0 Å². The maximum absolute atomic E-state index is 12.9. The number of ether oxygens (including phenoxy) is 2. The first-order valence-corrected chi connectivity index (χ1v) is 11.3. The van der Waals surface area contributed by atoms with Crippen LogP contribution in [0.4, 0.5) is 5.69 Å². The Morgan fingerprint density at radius 1 is 0.939 bits per heavy atom. The fourth-order valence-corrected chi connectivity index (χ4v) is 4.02. The Labute approximate surface area is 197 Å². The Morgan fingerprint density at radius 3 is 2.24 bits per heavy atom. The number of nitrogens with zero attached hydrogens (tertiary/aromatic N) is 1. The summed E-state index contributed by atoms with van der Waals surface area (Å²) in [6.45, 7) is 1.81. The van der Waals surface area contributed by atoms with Crippen molar-refractivity contribution in [1.29, 1.82) is 0 Å². The summed E-state index contributed by atoms with van der Waals surface area (Å²) in [4.78, 5) is 17.6. The van der Waals surface area contributed by atoms with Gasteiger partial charge in [-0.05, 0) is 19.1 Å². The number of carbonyl (C=O) groups is 1. The van der Waals surface area contributed by atoms with Gasteiger partial charge < -0.3 is 19.2 Å². The second-order valence-corrected chi connectivity index (χ2v) is 8.50. The summed E-state index contributed by atoms with van der Waals surface area (Å²) in [5.74, 6) is 1.65. The quantitative estimate of drug-likeness (QED) is 0.318. The molecular formula is C26H24N2O4S. The average Bonchev–Trinajstić information content (AvgIpc) is 3.28. The molecule has 0 fully saturated rings. The van der Waals surface area contributed by atoms with Gasteiger partial charge in [-0.3, -0.25) is 4.79 Å². The van der Waals surface area contributed by atoms with Gasteiger partial charge in [0.2, 0.25) is 5.91 Å². The summed E-state index contributed by atoms with van der Waals surface area (Å²) in [5, 5.41) is 2.86. The van der Waals surface area contributed by atoms with Crippen molar-refractivity contribution in [2.75, 3.05) is 19.5 Å². The van der Waals surface area contributed by atoms with E-state index in [0.29, 0.717) is 28.2 Å². The van der Waals surface area contributed by atoms with Crippen molar-refractivity contribution in [1.82, 2.24) is 4.98 Å². The molecule has 3 aromatic carbocycles. The van der Waals surface area contributed by atoms with Crippen LogP contribution in [0.3, 0.4) is 0 Å². The Morgan fingerprint density at radius 2 is 1.61 bits per heavy atom. The molecule has 0 aliphatic carbocycles. The number of hydrogen-bond acceptors (Lipinski definition) is 6. The van der Waals surface area contributed by atoms with Crippen LogP contribution < -0.4 is 14.8 Å². The Bertz CT molecular complexity index is 1170. The highest BCUT2D eigenvalue weighted by atomic mass is 32.2. The van der Waals surface area contributed by atoms with Crippen molar-refractivity contribution in [2.24, 2.45) is 0 Å². The third-order valence-electron chi connectivity index (χ3n) is 5.00. The van der Waals surface area contributed by atoms with Crippen LogP contribution >= 0.6 is 11.8 Å². The number of methoxy groups -OCH3 is 2. The first-order valence-electron chi connectivity index (χ1n) is 10.4. The summed E-state index contributed by atoms with van der Waals surface area (Å²) in [5.41, 5.74) is 3.15. The molecule has 0 saturated carbocycles. The van der Waals surface area contributed by atoms with Crippen molar-refractivity contribution in [3.05, 3.63) is 78.9 Å². The first-order chi connectivity index (χ1) is 16.1. The van der Waals surface area contributed by atoms with Crippen molar-refractivity contribution in [2.45, 2.75) is 17.4 Å². The number of hydrogen-bond donors (Lipinski definition) is 1. The van der Waals surface area contributed by atoms with E-state index in [0.717, 1.165) is 16.8 Å². The second kappa shape index (κ2) is 10.3. The number of nitrogens with one attached hydrogen (secondary N) is 1. The molecule has 1 N–H and O–H groups in total. The summed E-state index contributed by atoms with van der Waals surface area (Å²) in [6, 6.07) is 24.9. The van der Waals surface area contributed by atoms with Crippen LogP contribution in [0.1, 0.15) is 6.92 Å². The largest absolute Gasteiger partial charge is 0.497 e. The number of thioether (sulfide) groups is 1. The van der Waals surface area contributed by atoms with E-state index in [-0.39, 0.29) is 5.91 Å². The number of amides is 1. The lowest BCUT2D eigenvalue weighted by Gasteiger charge is -2.14. The fourth-order valence-electron chi connectivity index (χ4n) is 3.28. The molecule has 4 aromatic rings. The second-order valence-electron chi connectivity index (χ2n) is 7.21. The van der Waals surface area contributed by atoms with E-state index in [1.165, 1.54) is 11.8 Å². The van der Waals surface area contributed by atoms with Gasteiger partial charge in [0.15, 0.2) is 5.76 Å². The molecule has 1 unspecified atom stereocenters. The molecule has 1 atom stereocenters. The standard InChI is InChI=1S/C26H24N2O4S/c1-17(25(29)27-21-16-20(30-2)14-15-22(21)31-3)33-26-28-23(18-10-6-4-7-11-18)24(32-26)19-12-8-5-9-13-19/h4-17H,1-3H3,(H,27,29). The van der Waals surface area contributed by atoms with Crippen molar-refractivity contribution < 1.29 is 18.7 Å². The zero-order valence-electron chi connectivity index (χ0n) is 18.6. The van der Waals surface area contributed by atoms with Gasteiger partial charge in [-0.25, -0.2) is 4.98 Å². The van der Waals surface area contributed by atoms with Crippen LogP contribution in [-0.2, 0) is 4.79 Å². The summed E-state index contributed by atoms with van der Waals surface area (Å²) in [6.07, 6.45) is 0. The third-order valence-corrected chi connectivity index (χ3v) is 5.95. The maximum Gasteiger partial charge on any atom is 0.257 e. The predicted molar refractivity (Wildman–Crippen MR) is 131 cm³/mol. The van der Waals surface area contributed by atoms with Crippen molar-refractivity contribution in [3.8, 4) is 34.1 Å². The van der Waals surface area contributed by atoms with Crippen LogP contribution in [0.25, 0.3) is 22.6 Å². The normalized spacial score (nSPS) is 11.6. The number of oxazole rings is 1. The Kier molecular flexibility index (Phi) is 7.00. The molecule has 7 heteroatoms. The highest BCUT2D eigenvalue weighted by Crippen LogP contribution is 2.37. The minimum absolute atomic E-state index is 0.202. The molecule has 0 aliphatic rings. The van der Waals surface area contributed by atoms with E-state index in [4.69, 9.17) is 18.9 Å². The molecule has 1 aromatic heterocycles. The van der Waals surface area contributed by atoms with Gasteiger partial charge in [-0.15, -0.1) is 0 Å². The Balaban J connectivity index is 1.58. The summed E-state index contributed by atoms with van der Waals surface area (Å²) in [7, 11) is 3.13. The molecule has 0 bridgehead atoms. The molecule has 1 amide bonds. The number of rotatable bonds is 8. The van der Waals surface area contributed by atoms with Gasteiger partial charge in [0.05, 0.1) is 25.2 Å². The highest BCUT2D eigenvalue weighted by Gasteiger charge is 2.22. The van der Waals surface area contributed by atoms with E-state index in [1.54, 1.807) is 39.3 Å².